The van der Waals surface area contributed by atoms with Gasteiger partial charge in [-0.2, -0.15) is 0 Å². The Morgan fingerprint density at radius 1 is 1.41 bits per heavy atom. The van der Waals surface area contributed by atoms with E-state index in [9.17, 15) is 8.42 Å². The van der Waals surface area contributed by atoms with Crippen molar-refractivity contribution in [1.29, 1.82) is 0 Å². The van der Waals surface area contributed by atoms with Crippen LogP contribution >= 0.6 is 11.6 Å². The summed E-state index contributed by atoms with van der Waals surface area (Å²) in [6, 6.07) is 4.72. The molecular formula is C10H10ClN3O2S. The van der Waals surface area contributed by atoms with Gasteiger partial charge in [0.05, 0.1) is 0 Å². The smallest absolute Gasteiger partial charge is 0.243 e. The summed E-state index contributed by atoms with van der Waals surface area (Å²) >= 11 is 5.73. The van der Waals surface area contributed by atoms with Crippen molar-refractivity contribution in [3.8, 4) is 0 Å². The Balaban J connectivity index is 2.17. The van der Waals surface area contributed by atoms with Gasteiger partial charge < -0.3 is 4.98 Å². The Bertz CT molecular complexity index is 596. The van der Waals surface area contributed by atoms with Crippen LogP contribution < -0.4 is 4.72 Å². The predicted octanol–water partition coefficient (Wildman–Crippen LogP) is 1.54. The van der Waals surface area contributed by atoms with Crippen molar-refractivity contribution in [1.82, 2.24) is 14.7 Å². The third kappa shape index (κ3) is 2.85. The molecule has 2 aromatic heterocycles. The minimum Gasteiger partial charge on any atom is -0.367 e. The van der Waals surface area contributed by atoms with E-state index in [1.165, 1.54) is 18.3 Å². The van der Waals surface area contributed by atoms with E-state index >= 15 is 0 Å². The summed E-state index contributed by atoms with van der Waals surface area (Å²) in [5, 5.41) is -0.0333. The minimum absolute atomic E-state index is 0.0165. The van der Waals surface area contributed by atoms with E-state index in [2.05, 4.69) is 14.7 Å². The van der Waals surface area contributed by atoms with Crippen LogP contribution in [0.3, 0.4) is 0 Å². The Labute approximate surface area is 104 Å². The van der Waals surface area contributed by atoms with Crippen molar-refractivity contribution in [3.05, 3.63) is 47.5 Å². The van der Waals surface area contributed by atoms with E-state index in [0.717, 1.165) is 5.56 Å². The van der Waals surface area contributed by atoms with Crippen LogP contribution in [0.25, 0.3) is 0 Å². The standard InChI is InChI=1S/C10H10ClN3O2S/c11-10-9(2-1-4-13-10)17(15,16)14-7-8-3-5-12-6-8/h1-6,12,14H,7H2. The van der Waals surface area contributed by atoms with Crippen molar-refractivity contribution in [2.75, 3.05) is 0 Å². The van der Waals surface area contributed by atoms with Gasteiger partial charge >= 0.3 is 0 Å². The number of nitrogens with one attached hydrogen (secondary N) is 2. The molecule has 90 valence electrons. The normalized spacial score (nSPS) is 11.6. The van der Waals surface area contributed by atoms with Gasteiger partial charge in [-0.25, -0.2) is 18.1 Å². The molecule has 0 aromatic carbocycles. The Hall–Kier alpha value is -1.37. The third-order valence-corrected chi connectivity index (χ3v) is 3.99. The molecule has 0 fully saturated rings. The number of rotatable bonds is 4. The number of nitrogens with zero attached hydrogens (tertiary/aromatic N) is 1. The molecular weight excluding hydrogens is 262 g/mol. The molecule has 0 amide bonds. The molecule has 2 rings (SSSR count). The van der Waals surface area contributed by atoms with E-state index in [1.54, 1.807) is 18.5 Å². The second kappa shape index (κ2) is 4.87. The van der Waals surface area contributed by atoms with E-state index < -0.39 is 10.0 Å². The van der Waals surface area contributed by atoms with E-state index in [1.807, 2.05) is 0 Å². The Morgan fingerprint density at radius 3 is 2.88 bits per heavy atom. The highest BCUT2D eigenvalue weighted by atomic mass is 35.5. The molecule has 2 aromatic rings. The van der Waals surface area contributed by atoms with Crippen molar-refractivity contribution >= 4 is 21.6 Å². The zero-order valence-electron chi connectivity index (χ0n) is 8.72. The van der Waals surface area contributed by atoms with Crippen LogP contribution in [0.1, 0.15) is 5.56 Å². The third-order valence-electron chi connectivity index (χ3n) is 2.14. The van der Waals surface area contributed by atoms with Crippen LogP contribution in [-0.2, 0) is 16.6 Å². The number of pyridine rings is 1. The Morgan fingerprint density at radius 2 is 2.24 bits per heavy atom. The number of halogens is 1. The molecule has 0 saturated carbocycles. The molecule has 0 aliphatic heterocycles. The molecule has 2 heterocycles. The highest BCUT2D eigenvalue weighted by Gasteiger charge is 2.17. The lowest BCUT2D eigenvalue weighted by Gasteiger charge is -2.06. The number of aromatic amines is 1. The van der Waals surface area contributed by atoms with Crippen LogP contribution in [0.2, 0.25) is 5.15 Å². The zero-order chi connectivity index (χ0) is 12.3. The summed E-state index contributed by atoms with van der Waals surface area (Å²) in [5.74, 6) is 0. The summed E-state index contributed by atoms with van der Waals surface area (Å²) in [7, 11) is -3.63. The first-order chi connectivity index (χ1) is 8.09. The van der Waals surface area contributed by atoms with Gasteiger partial charge in [-0.1, -0.05) is 11.6 Å². The van der Waals surface area contributed by atoms with Crippen LogP contribution in [0.15, 0.2) is 41.7 Å². The fraction of sp³-hybridized carbons (Fsp3) is 0.100. The number of H-pyrrole nitrogens is 1. The molecule has 0 radical (unpaired) electrons. The van der Waals surface area contributed by atoms with Crippen LogP contribution in [0.4, 0.5) is 0 Å². The van der Waals surface area contributed by atoms with Crippen LogP contribution in [0, 0.1) is 0 Å². The number of hydrogen-bond acceptors (Lipinski definition) is 3. The number of hydrogen-bond donors (Lipinski definition) is 2. The minimum atomic E-state index is -3.63. The molecule has 5 nitrogen and oxygen atoms in total. The summed E-state index contributed by atoms with van der Waals surface area (Å²) in [5.41, 5.74) is 0.841. The maximum Gasteiger partial charge on any atom is 0.243 e. The lowest BCUT2D eigenvalue weighted by molar-refractivity contribution is 0.581. The monoisotopic (exact) mass is 271 g/mol. The molecule has 7 heteroatoms. The zero-order valence-corrected chi connectivity index (χ0v) is 10.3. The first-order valence-corrected chi connectivity index (χ1v) is 6.67. The second-order valence-corrected chi connectivity index (χ2v) is 5.43. The van der Waals surface area contributed by atoms with Gasteiger partial charge in [0, 0.05) is 25.1 Å². The molecule has 0 saturated heterocycles. The first-order valence-electron chi connectivity index (χ1n) is 4.81. The van der Waals surface area contributed by atoms with Gasteiger partial charge in [0.2, 0.25) is 10.0 Å². The average molecular weight is 272 g/mol. The molecule has 17 heavy (non-hydrogen) atoms. The fourth-order valence-electron chi connectivity index (χ4n) is 1.30. The van der Waals surface area contributed by atoms with Crippen molar-refractivity contribution in [3.63, 3.8) is 0 Å². The van der Waals surface area contributed by atoms with Gasteiger partial charge in [-0.15, -0.1) is 0 Å². The topological polar surface area (TPSA) is 74.8 Å². The fourth-order valence-corrected chi connectivity index (χ4v) is 2.76. The largest absolute Gasteiger partial charge is 0.367 e. The summed E-state index contributed by atoms with van der Waals surface area (Å²) in [6.45, 7) is 0.205. The average Bonchev–Trinajstić information content (AvgIpc) is 2.80. The van der Waals surface area contributed by atoms with Gasteiger partial charge in [-0.05, 0) is 23.8 Å². The maximum absolute atomic E-state index is 11.9. The molecule has 0 spiro atoms. The number of aromatic nitrogens is 2. The van der Waals surface area contributed by atoms with Crippen molar-refractivity contribution < 1.29 is 8.42 Å². The van der Waals surface area contributed by atoms with Gasteiger partial charge in [0.25, 0.3) is 0 Å². The Kier molecular flexibility index (Phi) is 3.46. The predicted molar refractivity (Wildman–Crippen MR) is 64.1 cm³/mol. The molecule has 0 aliphatic carbocycles. The van der Waals surface area contributed by atoms with E-state index in [-0.39, 0.29) is 16.6 Å². The molecule has 0 aliphatic rings. The van der Waals surface area contributed by atoms with E-state index in [4.69, 9.17) is 11.6 Å². The highest BCUT2D eigenvalue weighted by Crippen LogP contribution is 2.17. The SMILES string of the molecule is O=S(=O)(NCc1cc[nH]c1)c1cccnc1Cl. The van der Waals surface area contributed by atoms with Crippen LogP contribution in [-0.4, -0.2) is 18.4 Å². The molecule has 0 bridgehead atoms. The second-order valence-electron chi connectivity index (χ2n) is 3.34. The number of sulfonamides is 1. The first kappa shape index (κ1) is 12.1. The lowest BCUT2D eigenvalue weighted by Crippen LogP contribution is -2.23. The maximum atomic E-state index is 11.9. The molecule has 0 unspecified atom stereocenters. The van der Waals surface area contributed by atoms with Crippen molar-refractivity contribution in [2.24, 2.45) is 0 Å². The quantitative estimate of drug-likeness (QED) is 0.829. The van der Waals surface area contributed by atoms with Gasteiger partial charge in [0.15, 0.2) is 0 Å². The van der Waals surface area contributed by atoms with Gasteiger partial charge in [-0.3, -0.25) is 0 Å². The lowest BCUT2D eigenvalue weighted by atomic mass is 10.4. The summed E-state index contributed by atoms with van der Waals surface area (Å²) in [6.07, 6.45) is 4.88. The summed E-state index contributed by atoms with van der Waals surface area (Å²) in [4.78, 5) is 6.56. The van der Waals surface area contributed by atoms with Crippen molar-refractivity contribution in [2.45, 2.75) is 11.4 Å². The molecule has 0 atom stereocenters. The van der Waals surface area contributed by atoms with Crippen LogP contribution in [0.5, 0.6) is 0 Å². The van der Waals surface area contributed by atoms with Gasteiger partial charge in [0.1, 0.15) is 10.0 Å². The molecule has 2 N–H and O–H groups in total. The highest BCUT2D eigenvalue weighted by molar-refractivity contribution is 7.89. The van der Waals surface area contributed by atoms with E-state index in [0.29, 0.717) is 0 Å². The summed E-state index contributed by atoms with van der Waals surface area (Å²) < 4.78 is 26.3.